The van der Waals surface area contributed by atoms with E-state index in [4.69, 9.17) is 21.9 Å². The Balaban J connectivity index is 1.41. The number of carboxylic acids is 1. The van der Waals surface area contributed by atoms with Crippen LogP contribution < -0.4 is 27.0 Å². The van der Waals surface area contributed by atoms with E-state index in [1.165, 1.54) is 6.07 Å². The molecule has 2 atom stereocenters. The molecule has 7 N–H and O–H groups in total. The zero-order chi connectivity index (χ0) is 26.0. The molecule has 1 aromatic rings. The molecule has 4 rings (SSSR count). The van der Waals surface area contributed by atoms with Crippen molar-refractivity contribution in [2.24, 2.45) is 22.2 Å². The molecule has 0 spiro atoms. The Morgan fingerprint density at radius 1 is 1.25 bits per heavy atom. The SMILES string of the molecule is C[C@H]1CCc2c(N3CCC(OC(=O)[C@@H](N)CCCN=C(N)N)CC3)c(F)cc3c2N1C=C(C(=O)O)C3. The lowest BCUT2D eigenvalue weighted by Crippen LogP contribution is -2.43. The van der Waals surface area contributed by atoms with Gasteiger partial charge in [-0.05, 0) is 44.2 Å². The van der Waals surface area contributed by atoms with Crippen LogP contribution in [0.25, 0.3) is 0 Å². The quantitative estimate of drug-likeness (QED) is 0.178. The minimum absolute atomic E-state index is 0.00566. The molecule has 1 saturated heterocycles. The summed E-state index contributed by atoms with van der Waals surface area (Å²) in [6, 6.07) is 0.886. The molecule has 11 heteroatoms. The van der Waals surface area contributed by atoms with Crippen LogP contribution in [0.15, 0.2) is 22.8 Å². The number of benzene rings is 1. The second kappa shape index (κ2) is 10.7. The highest BCUT2D eigenvalue weighted by molar-refractivity contribution is 5.90. The molecule has 1 aromatic carbocycles. The van der Waals surface area contributed by atoms with E-state index < -0.39 is 18.0 Å². The number of aliphatic imine (C=N–C) groups is 1. The normalized spacial score (nSPS) is 20.3. The molecule has 0 aromatic heterocycles. The van der Waals surface area contributed by atoms with Gasteiger partial charge in [0, 0.05) is 62.4 Å². The summed E-state index contributed by atoms with van der Waals surface area (Å²) in [6.45, 7) is 3.56. The number of aliphatic carboxylic acids is 1. The van der Waals surface area contributed by atoms with Crippen molar-refractivity contribution in [3.63, 3.8) is 0 Å². The van der Waals surface area contributed by atoms with E-state index in [1.807, 2.05) is 9.80 Å². The third-order valence-electron chi connectivity index (χ3n) is 7.21. The monoisotopic (exact) mass is 502 g/mol. The Kier molecular flexibility index (Phi) is 7.67. The summed E-state index contributed by atoms with van der Waals surface area (Å²) in [5.74, 6) is -1.75. The van der Waals surface area contributed by atoms with Crippen LogP contribution in [0.4, 0.5) is 15.8 Å². The van der Waals surface area contributed by atoms with Gasteiger partial charge in [0.1, 0.15) is 18.0 Å². The van der Waals surface area contributed by atoms with Gasteiger partial charge in [-0.1, -0.05) is 0 Å². The topological polar surface area (TPSA) is 160 Å². The molecule has 36 heavy (non-hydrogen) atoms. The van der Waals surface area contributed by atoms with Gasteiger partial charge in [0.2, 0.25) is 0 Å². The van der Waals surface area contributed by atoms with E-state index in [1.54, 1.807) is 6.20 Å². The van der Waals surface area contributed by atoms with E-state index in [-0.39, 0.29) is 35.9 Å². The zero-order valence-electron chi connectivity index (χ0n) is 20.6. The summed E-state index contributed by atoms with van der Waals surface area (Å²) < 4.78 is 21.1. The molecule has 0 saturated carbocycles. The first kappa shape index (κ1) is 25.7. The number of piperidine rings is 1. The third-order valence-corrected chi connectivity index (χ3v) is 7.21. The van der Waals surface area contributed by atoms with Crippen LogP contribution in [0.5, 0.6) is 0 Å². The number of nitrogens with two attached hydrogens (primary N) is 3. The van der Waals surface area contributed by atoms with Gasteiger partial charge in [-0.25, -0.2) is 9.18 Å². The van der Waals surface area contributed by atoms with Crippen molar-refractivity contribution in [2.75, 3.05) is 29.4 Å². The van der Waals surface area contributed by atoms with Crippen LogP contribution in [0.2, 0.25) is 0 Å². The second-order valence-corrected chi connectivity index (χ2v) is 9.80. The van der Waals surface area contributed by atoms with E-state index in [0.717, 1.165) is 29.7 Å². The number of hydrogen-bond donors (Lipinski definition) is 4. The number of guanidine groups is 1. The van der Waals surface area contributed by atoms with Gasteiger partial charge in [0.15, 0.2) is 5.96 Å². The van der Waals surface area contributed by atoms with Gasteiger partial charge >= 0.3 is 11.9 Å². The van der Waals surface area contributed by atoms with Crippen LogP contribution >= 0.6 is 0 Å². The first-order valence-electron chi connectivity index (χ1n) is 12.5. The highest BCUT2D eigenvalue weighted by Gasteiger charge is 2.35. The molecule has 3 aliphatic rings. The van der Waals surface area contributed by atoms with Gasteiger partial charge in [0.05, 0.1) is 11.3 Å². The van der Waals surface area contributed by atoms with Gasteiger partial charge in [0.25, 0.3) is 0 Å². The van der Waals surface area contributed by atoms with Crippen molar-refractivity contribution >= 4 is 29.3 Å². The van der Waals surface area contributed by atoms with Crippen molar-refractivity contribution < 1.29 is 23.8 Å². The minimum Gasteiger partial charge on any atom is -0.478 e. The predicted molar refractivity (Wildman–Crippen MR) is 135 cm³/mol. The molecule has 3 aliphatic heterocycles. The molecule has 0 amide bonds. The third kappa shape index (κ3) is 5.40. The molecule has 0 aliphatic carbocycles. The number of carboxylic acid groups (broad SMARTS) is 1. The molecular weight excluding hydrogens is 467 g/mol. The van der Waals surface area contributed by atoms with E-state index >= 15 is 4.39 Å². The molecule has 0 unspecified atom stereocenters. The van der Waals surface area contributed by atoms with Crippen LogP contribution in [0.3, 0.4) is 0 Å². The Labute approximate surface area is 209 Å². The Bertz CT molecular complexity index is 1080. The molecule has 3 heterocycles. The fourth-order valence-electron chi connectivity index (χ4n) is 5.32. The fraction of sp³-hybridized carbons (Fsp3) is 0.560. The number of anilines is 2. The summed E-state index contributed by atoms with van der Waals surface area (Å²) in [5, 5.41) is 9.52. The maximum Gasteiger partial charge on any atom is 0.333 e. The fourth-order valence-corrected chi connectivity index (χ4v) is 5.32. The van der Waals surface area contributed by atoms with E-state index in [0.29, 0.717) is 51.0 Å². The lowest BCUT2D eigenvalue weighted by molar-refractivity contribution is -0.151. The number of ether oxygens (including phenoxy) is 1. The first-order valence-corrected chi connectivity index (χ1v) is 12.5. The van der Waals surface area contributed by atoms with Crippen molar-refractivity contribution in [1.82, 2.24) is 0 Å². The van der Waals surface area contributed by atoms with Gasteiger partial charge in [-0.2, -0.15) is 0 Å². The summed E-state index contributed by atoms with van der Waals surface area (Å²) in [5.41, 5.74) is 20.0. The Hall–Kier alpha value is -3.34. The largest absolute Gasteiger partial charge is 0.478 e. The number of rotatable bonds is 8. The lowest BCUT2D eigenvalue weighted by Gasteiger charge is -2.42. The number of hydrogen-bond acceptors (Lipinski definition) is 7. The predicted octanol–water partition coefficient (Wildman–Crippen LogP) is 1.38. The molecule has 196 valence electrons. The average Bonchev–Trinajstić information content (AvgIpc) is 2.83. The first-order chi connectivity index (χ1) is 17.2. The summed E-state index contributed by atoms with van der Waals surface area (Å²) in [7, 11) is 0. The van der Waals surface area contributed by atoms with Crippen molar-refractivity contribution in [1.29, 1.82) is 0 Å². The second-order valence-electron chi connectivity index (χ2n) is 9.80. The minimum atomic E-state index is -0.977. The van der Waals surface area contributed by atoms with Gasteiger partial charge in [-0.15, -0.1) is 0 Å². The standard InChI is InChI=1S/C25H35FN6O4/c1-14-4-5-18-21-15(11-16(23(33)34)13-32(14)21)12-19(26)22(18)31-9-6-17(7-10-31)36-24(35)20(27)3-2-8-30-25(28)29/h12-14,17,20H,2-11,27H2,1H3,(H,33,34)(H4,28,29,30)/t14-,20-/m0/s1. The number of carbonyl (C=O) groups excluding carboxylic acids is 1. The number of esters is 1. The zero-order valence-corrected chi connectivity index (χ0v) is 20.6. The Morgan fingerprint density at radius 2 is 1.97 bits per heavy atom. The molecule has 0 radical (unpaired) electrons. The maximum atomic E-state index is 15.4. The molecular formula is C25H35FN6O4. The lowest BCUT2D eigenvalue weighted by atomic mass is 9.86. The average molecular weight is 503 g/mol. The smallest absolute Gasteiger partial charge is 0.333 e. The summed E-state index contributed by atoms with van der Waals surface area (Å²) >= 11 is 0. The maximum absolute atomic E-state index is 15.4. The number of carbonyl (C=O) groups is 2. The number of halogens is 1. The van der Waals surface area contributed by atoms with Crippen molar-refractivity contribution in [3.8, 4) is 0 Å². The highest BCUT2D eigenvalue weighted by atomic mass is 19.1. The van der Waals surface area contributed by atoms with Gasteiger partial charge < -0.3 is 36.8 Å². The van der Waals surface area contributed by atoms with Crippen LogP contribution in [0.1, 0.15) is 50.2 Å². The van der Waals surface area contributed by atoms with Crippen LogP contribution in [-0.4, -0.2) is 60.8 Å². The van der Waals surface area contributed by atoms with Crippen molar-refractivity contribution in [2.45, 2.75) is 70.1 Å². The van der Waals surface area contributed by atoms with E-state index in [9.17, 15) is 14.7 Å². The Morgan fingerprint density at radius 3 is 2.64 bits per heavy atom. The van der Waals surface area contributed by atoms with E-state index in [2.05, 4.69) is 11.9 Å². The van der Waals surface area contributed by atoms with Crippen LogP contribution in [0, 0.1) is 5.82 Å². The molecule has 10 nitrogen and oxygen atoms in total. The van der Waals surface area contributed by atoms with Gasteiger partial charge in [-0.3, -0.25) is 9.79 Å². The van der Waals surface area contributed by atoms with Crippen LogP contribution in [-0.2, 0) is 27.2 Å². The molecule has 0 bridgehead atoms. The summed E-state index contributed by atoms with van der Waals surface area (Å²) in [6.07, 6.45) is 5.32. The number of nitrogens with zero attached hydrogens (tertiary/aromatic N) is 3. The molecule has 1 fully saturated rings. The summed E-state index contributed by atoms with van der Waals surface area (Å²) in [4.78, 5) is 31.9. The van der Waals surface area contributed by atoms with Crippen molar-refractivity contribution in [3.05, 3.63) is 34.8 Å². The highest BCUT2D eigenvalue weighted by Crippen LogP contribution is 2.45.